The average Bonchev–Trinajstić information content (AvgIpc) is 2.66. The van der Waals surface area contributed by atoms with Gasteiger partial charge in [0.1, 0.15) is 5.69 Å². The summed E-state index contributed by atoms with van der Waals surface area (Å²) >= 11 is 3.52. The van der Waals surface area contributed by atoms with Gasteiger partial charge in [-0.15, -0.1) is 0 Å². The van der Waals surface area contributed by atoms with Gasteiger partial charge in [0.25, 0.3) is 0 Å². The molecule has 3 nitrogen and oxygen atoms in total. The Labute approximate surface area is 103 Å². The van der Waals surface area contributed by atoms with Crippen LogP contribution in [0.3, 0.4) is 0 Å². The molecule has 84 valence electrons. The van der Waals surface area contributed by atoms with E-state index in [9.17, 15) is 0 Å². The van der Waals surface area contributed by atoms with E-state index in [-0.39, 0.29) is 6.04 Å². The van der Waals surface area contributed by atoms with Crippen LogP contribution >= 0.6 is 15.9 Å². The number of hydrogen-bond donors (Lipinski definition) is 1. The predicted octanol–water partition coefficient (Wildman–Crippen LogP) is 3.43. The molecule has 0 aliphatic heterocycles. The molecule has 16 heavy (non-hydrogen) atoms. The zero-order chi connectivity index (χ0) is 11.7. The van der Waals surface area contributed by atoms with Crippen LogP contribution in [0.15, 0.2) is 33.3 Å². The highest BCUT2D eigenvalue weighted by atomic mass is 79.9. The van der Waals surface area contributed by atoms with Crippen molar-refractivity contribution in [3.05, 3.63) is 40.1 Å². The Kier molecular flexibility index (Phi) is 3.12. The smallest absolute Gasteiger partial charge is 0.153 e. The average molecular weight is 281 g/mol. The first-order valence-corrected chi connectivity index (χ1v) is 5.86. The second-order valence-corrected chi connectivity index (χ2v) is 4.74. The minimum absolute atomic E-state index is 0.134. The molecule has 2 N–H and O–H groups in total. The van der Waals surface area contributed by atoms with Crippen LogP contribution in [-0.2, 0) is 0 Å². The molecule has 0 fully saturated rings. The van der Waals surface area contributed by atoms with Gasteiger partial charge >= 0.3 is 0 Å². The second-order valence-electron chi connectivity index (χ2n) is 3.89. The number of rotatable bonds is 2. The summed E-state index contributed by atoms with van der Waals surface area (Å²) in [6.45, 7) is 3.92. The fourth-order valence-electron chi connectivity index (χ4n) is 1.46. The van der Waals surface area contributed by atoms with Crippen LogP contribution in [0.1, 0.15) is 24.3 Å². The van der Waals surface area contributed by atoms with Crippen molar-refractivity contribution in [3.63, 3.8) is 0 Å². The van der Waals surface area contributed by atoms with Crippen LogP contribution in [0.5, 0.6) is 0 Å². The van der Waals surface area contributed by atoms with Gasteiger partial charge in [-0.05, 0) is 25.5 Å². The van der Waals surface area contributed by atoms with E-state index in [2.05, 4.69) is 27.2 Å². The fourth-order valence-corrected chi connectivity index (χ4v) is 2.16. The van der Waals surface area contributed by atoms with Crippen LogP contribution in [0.4, 0.5) is 0 Å². The number of hydrogen-bond acceptors (Lipinski definition) is 3. The Balaban J connectivity index is 2.42. The van der Waals surface area contributed by atoms with Gasteiger partial charge in [-0.3, -0.25) is 0 Å². The van der Waals surface area contributed by atoms with E-state index in [4.69, 9.17) is 10.3 Å². The summed E-state index contributed by atoms with van der Waals surface area (Å²) in [5.41, 5.74) is 8.74. The van der Waals surface area contributed by atoms with Crippen LogP contribution in [-0.4, -0.2) is 5.16 Å². The summed E-state index contributed by atoms with van der Waals surface area (Å²) in [6.07, 6.45) is 0. The van der Waals surface area contributed by atoms with Crippen molar-refractivity contribution < 1.29 is 4.52 Å². The number of nitrogens with two attached hydrogens (primary N) is 1. The van der Waals surface area contributed by atoms with Crippen LogP contribution in [0, 0.1) is 6.92 Å². The molecule has 0 radical (unpaired) electrons. The third-order valence-corrected chi connectivity index (χ3v) is 3.03. The predicted molar refractivity (Wildman–Crippen MR) is 67.0 cm³/mol. The van der Waals surface area contributed by atoms with Gasteiger partial charge in [0.2, 0.25) is 0 Å². The lowest BCUT2D eigenvalue weighted by Gasteiger charge is -2.00. The lowest BCUT2D eigenvalue weighted by atomic mass is 10.1. The van der Waals surface area contributed by atoms with Gasteiger partial charge in [-0.2, -0.15) is 0 Å². The number of nitrogens with zero attached hydrogens (tertiary/aromatic N) is 1. The molecule has 1 aromatic heterocycles. The molecule has 2 aromatic rings. The summed E-state index contributed by atoms with van der Waals surface area (Å²) in [5, 5.41) is 4.01. The van der Waals surface area contributed by atoms with E-state index in [1.807, 2.05) is 32.0 Å². The van der Waals surface area contributed by atoms with Crippen molar-refractivity contribution in [2.75, 3.05) is 0 Å². The fraction of sp³-hybridized carbons (Fsp3) is 0.250. The normalized spacial score (nSPS) is 12.8. The molecular formula is C12H13BrN2O. The Morgan fingerprint density at radius 1 is 1.38 bits per heavy atom. The third kappa shape index (κ3) is 2.18. The molecule has 0 aliphatic carbocycles. The minimum Gasteiger partial charge on any atom is -0.359 e. The monoisotopic (exact) mass is 280 g/mol. The number of halogens is 1. The largest absolute Gasteiger partial charge is 0.359 e. The number of aromatic nitrogens is 1. The maximum atomic E-state index is 5.72. The quantitative estimate of drug-likeness (QED) is 0.917. The topological polar surface area (TPSA) is 52.0 Å². The number of aryl methyl sites for hydroxylation is 1. The van der Waals surface area contributed by atoms with E-state index in [1.54, 1.807) is 0 Å². The van der Waals surface area contributed by atoms with Crippen molar-refractivity contribution in [3.8, 4) is 11.3 Å². The van der Waals surface area contributed by atoms with Gasteiger partial charge < -0.3 is 10.3 Å². The van der Waals surface area contributed by atoms with E-state index in [0.717, 1.165) is 15.7 Å². The zero-order valence-corrected chi connectivity index (χ0v) is 10.8. The third-order valence-electron chi connectivity index (χ3n) is 2.38. The van der Waals surface area contributed by atoms with Gasteiger partial charge in [-0.25, -0.2) is 0 Å². The molecule has 0 aliphatic rings. The Morgan fingerprint density at radius 3 is 2.69 bits per heavy atom. The second kappa shape index (κ2) is 4.39. The molecule has 1 heterocycles. The molecule has 0 bridgehead atoms. The SMILES string of the molecule is Cc1ccc(-c2cc(C(C)N)on2)c(Br)c1. The van der Waals surface area contributed by atoms with E-state index >= 15 is 0 Å². The summed E-state index contributed by atoms with van der Waals surface area (Å²) in [5.74, 6) is 0.697. The Bertz CT molecular complexity index is 505. The number of benzene rings is 1. The van der Waals surface area contributed by atoms with Crippen molar-refractivity contribution in [1.29, 1.82) is 0 Å². The van der Waals surface area contributed by atoms with Crippen LogP contribution < -0.4 is 5.73 Å². The molecule has 1 atom stereocenters. The lowest BCUT2D eigenvalue weighted by Crippen LogP contribution is -2.02. The first-order chi connectivity index (χ1) is 7.58. The maximum absolute atomic E-state index is 5.72. The van der Waals surface area contributed by atoms with Crippen molar-refractivity contribution in [2.24, 2.45) is 5.73 Å². The van der Waals surface area contributed by atoms with E-state index in [1.165, 1.54) is 5.56 Å². The Hall–Kier alpha value is -1.13. The summed E-state index contributed by atoms with van der Waals surface area (Å²) in [6, 6.07) is 7.85. The lowest BCUT2D eigenvalue weighted by molar-refractivity contribution is 0.369. The molecule has 0 spiro atoms. The Morgan fingerprint density at radius 2 is 2.12 bits per heavy atom. The first kappa shape index (κ1) is 11.4. The highest BCUT2D eigenvalue weighted by Crippen LogP contribution is 2.29. The van der Waals surface area contributed by atoms with E-state index in [0.29, 0.717) is 5.76 Å². The highest BCUT2D eigenvalue weighted by Gasteiger charge is 2.11. The molecule has 2 rings (SSSR count). The van der Waals surface area contributed by atoms with Crippen molar-refractivity contribution in [1.82, 2.24) is 5.16 Å². The van der Waals surface area contributed by atoms with Gasteiger partial charge in [0.05, 0.1) is 6.04 Å². The van der Waals surface area contributed by atoms with Crippen molar-refractivity contribution >= 4 is 15.9 Å². The van der Waals surface area contributed by atoms with Gasteiger partial charge in [0.15, 0.2) is 5.76 Å². The first-order valence-electron chi connectivity index (χ1n) is 5.06. The molecule has 1 unspecified atom stereocenters. The maximum Gasteiger partial charge on any atom is 0.153 e. The molecule has 1 aromatic carbocycles. The molecule has 0 saturated heterocycles. The standard InChI is InChI=1S/C12H13BrN2O/c1-7-3-4-9(10(13)5-7)11-6-12(8(2)14)16-15-11/h3-6,8H,14H2,1-2H3. The van der Waals surface area contributed by atoms with Crippen molar-refractivity contribution in [2.45, 2.75) is 19.9 Å². The molecule has 0 amide bonds. The van der Waals surface area contributed by atoms with Crippen LogP contribution in [0.2, 0.25) is 0 Å². The van der Waals surface area contributed by atoms with Crippen LogP contribution in [0.25, 0.3) is 11.3 Å². The molecule has 4 heteroatoms. The molecular weight excluding hydrogens is 268 g/mol. The van der Waals surface area contributed by atoms with E-state index < -0.39 is 0 Å². The summed E-state index contributed by atoms with van der Waals surface area (Å²) < 4.78 is 6.18. The highest BCUT2D eigenvalue weighted by molar-refractivity contribution is 9.10. The summed E-state index contributed by atoms with van der Waals surface area (Å²) in [4.78, 5) is 0. The summed E-state index contributed by atoms with van der Waals surface area (Å²) in [7, 11) is 0. The molecule has 0 saturated carbocycles. The van der Waals surface area contributed by atoms with Gasteiger partial charge in [0, 0.05) is 16.1 Å². The zero-order valence-electron chi connectivity index (χ0n) is 9.20. The minimum atomic E-state index is -0.134. The van der Waals surface area contributed by atoms with Gasteiger partial charge in [-0.1, -0.05) is 33.2 Å².